The highest BCUT2D eigenvalue weighted by Crippen LogP contribution is 2.04. The Balaban J connectivity index is 2.38. The molecule has 2 aromatic carbocycles. The van der Waals surface area contributed by atoms with Crippen molar-refractivity contribution in [3.8, 4) is 0 Å². The molecule has 0 aliphatic heterocycles. The molecule has 0 saturated heterocycles. The zero-order valence-corrected chi connectivity index (χ0v) is 12.0. The molecule has 0 spiro atoms. The largest absolute Gasteiger partial charge is 0.122 e. The van der Waals surface area contributed by atoms with Crippen LogP contribution in [0.4, 0.5) is 0 Å². The van der Waals surface area contributed by atoms with E-state index in [1.165, 1.54) is 32.6 Å². The molecule has 2 aromatic rings. The summed E-state index contributed by atoms with van der Waals surface area (Å²) in [6.45, 7) is 8.82. The SMILES string of the molecule is Cc1cccc([Si]c2cccc(C)c2C)c1C. The van der Waals surface area contributed by atoms with Crippen LogP contribution in [0.25, 0.3) is 0 Å². The average Bonchev–Trinajstić information content (AvgIpc) is 2.31. The van der Waals surface area contributed by atoms with Crippen LogP contribution in [-0.2, 0) is 0 Å². The molecule has 0 atom stereocenters. The number of rotatable bonds is 2. The maximum absolute atomic E-state index is 2.25. The molecule has 1 heteroatoms. The zero-order valence-electron chi connectivity index (χ0n) is 11.0. The lowest BCUT2D eigenvalue weighted by Gasteiger charge is -2.11. The van der Waals surface area contributed by atoms with Gasteiger partial charge in [-0.3, -0.25) is 0 Å². The molecule has 0 fully saturated rings. The lowest BCUT2D eigenvalue weighted by Crippen LogP contribution is -2.31. The highest BCUT2D eigenvalue weighted by atomic mass is 28.2. The molecule has 0 heterocycles. The second-order valence-corrected chi connectivity index (χ2v) is 5.95. The van der Waals surface area contributed by atoms with Gasteiger partial charge in [0.25, 0.3) is 0 Å². The van der Waals surface area contributed by atoms with Crippen LogP contribution in [0.1, 0.15) is 22.3 Å². The van der Waals surface area contributed by atoms with Gasteiger partial charge in [-0.2, -0.15) is 0 Å². The van der Waals surface area contributed by atoms with Crippen LogP contribution in [0, 0.1) is 27.7 Å². The highest BCUT2D eigenvalue weighted by molar-refractivity contribution is 6.68. The molecule has 0 N–H and O–H groups in total. The summed E-state index contributed by atoms with van der Waals surface area (Å²) >= 11 is 0. The van der Waals surface area contributed by atoms with Crippen molar-refractivity contribution >= 4 is 19.9 Å². The molecule has 86 valence electrons. The van der Waals surface area contributed by atoms with E-state index in [0.29, 0.717) is 0 Å². The van der Waals surface area contributed by atoms with Gasteiger partial charge in [0.15, 0.2) is 0 Å². The van der Waals surface area contributed by atoms with E-state index in [9.17, 15) is 0 Å². The fourth-order valence-corrected chi connectivity index (χ4v) is 3.34. The van der Waals surface area contributed by atoms with E-state index >= 15 is 0 Å². The molecule has 0 nitrogen and oxygen atoms in total. The molecule has 0 aliphatic rings. The molecule has 2 rings (SSSR count). The molecule has 0 unspecified atom stereocenters. The zero-order chi connectivity index (χ0) is 12.4. The Bertz CT molecular complexity index is 492. The number of aryl methyl sites for hydroxylation is 2. The number of hydrogen-bond acceptors (Lipinski definition) is 0. The van der Waals surface area contributed by atoms with Gasteiger partial charge in [0.2, 0.25) is 0 Å². The van der Waals surface area contributed by atoms with Crippen molar-refractivity contribution in [3.63, 3.8) is 0 Å². The van der Waals surface area contributed by atoms with Crippen molar-refractivity contribution in [1.29, 1.82) is 0 Å². The van der Waals surface area contributed by atoms with E-state index in [0.717, 1.165) is 9.52 Å². The van der Waals surface area contributed by atoms with Crippen LogP contribution < -0.4 is 10.4 Å². The van der Waals surface area contributed by atoms with Crippen LogP contribution in [-0.4, -0.2) is 9.52 Å². The first-order valence-electron chi connectivity index (χ1n) is 5.99. The number of benzene rings is 2. The summed E-state index contributed by atoms with van der Waals surface area (Å²) in [7, 11) is 0.767. The van der Waals surface area contributed by atoms with Crippen LogP contribution in [0.3, 0.4) is 0 Å². The van der Waals surface area contributed by atoms with Gasteiger partial charge in [-0.15, -0.1) is 0 Å². The van der Waals surface area contributed by atoms with Crippen LogP contribution in [0.5, 0.6) is 0 Å². The van der Waals surface area contributed by atoms with Gasteiger partial charge >= 0.3 is 0 Å². The van der Waals surface area contributed by atoms with E-state index in [4.69, 9.17) is 0 Å². The molecular formula is C16H18Si. The molecule has 0 amide bonds. The molecule has 2 radical (unpaired) electrons. The van der Waals surface area contributed by atoms with Gasteiger partial charge in [0.1, 0.15) is 9.52 Å². The molecule has 0 aromatic heterocycles. The Morgan fingerprint density at radius 2 is 1.06 bits per heavy atom. The van der Waals surface area contributed by atoms with E-state index in [1.807, 2.05) is 0 Å². The lowest BCUT2D eigenvalue weighted by molar-refractivity contribution is 1.36. The Morgan fingerprint density at radius 3 is 1.47 bits per heavy atom. The molecule has 17 heavy (non-hydrogen) atoms. The third-order valence-corrected chi connectivity index (χ3v) is 5.10. The maximum Gasteiger partial charge on any atom is 0.122 e. The third-order valence-electron chi connectivity index (χ3n) is 3.48. The van der Waals surface area contributed by atoms with Gasteiger partial charge in [-0.1, -0.05) is 46.8 Å². The van der Waals surface area contributed by atoms with Crippen LogP contribution >= 0.6 is 0 Å². The second-order valence-electron chi connectivity index (χ2n) is 4.62. The molecule has 0 saturated carbocycles. The molecule has 0 bridgehead atoms. The Kier molecular flexibility index (Phi) is 3.48. The summed E-state index contributed by atoms with van der Waals surface area (Å²) in [4.78, 5) is 0. The fraction of sp³-hybridized carbons (Fsp3) is 0.250. The third kappa shape index (κ3) is 2.50. The summed E-state index contributed by atoms with van der Waals surface area (Å²) in [6, 6.07) is 13.2. The Hall–Kier alpha value is -1.34. The summed E-state index contributed by atoms with van der Waals surface area (Å²) in [6.07, 6.45) is 0. The topological polar surface area (TPSA) is 0 Å². The first-order chi connectivity index (χ1) is 8.09. The van der Waals surface area contributed by atoms with Gasteiger partial charge in [-0.25, -0.2) is 0 Å². The summed E-state index contributed by atoms with van der Waals surface area (Å²) in [5, 5.41) is 2.94. The Morgan fingerprint density at radius 1 is 0.647 bits per heavy atom. The predicted octanol–water partition coefficient (Wildman–Crippen LogP) is 2.58. The first kappa shape index (κ1) is 12.1. The van der Waals surface area contributed by atoms with Crippen molar-refractivity contribution in [2.45, 2.75) is 27.7 Å². The average molecular weight is 238 g/mol. The van der Waals surface area contributed by atoms with Crippen molar-refractivity contribution in [2.24, 2.45) is 0 Å². The standard InChI is InChI=1S/C16H18Si/c1-11-7-5-9-15(13(11)3)17-16-10-6-8-12(2)14(16)4/h5-10H,1-4H3. The highest BCUT2D eigenvalue weighted by Gasteiger charge is 2.06. The minimum absolute atomic E-state index is 0.767. The van der Waals surface area contributed by atoms with E-state index in [2.05, 4.69) is 64.1 Å². The lowest BCUT2D eigenvalue weighted by atomic mass is 10.1. The van der Waals surface area contributed by atoms with Crippen molar-refractivity contribution in [2.75, 3.05) is 0 Å². The van der Waals surface area contributed by atoms with Crippen molar-refractivity contribution in [1.82, 2.24) is 0 Å². The summed E-state index contributed by atoms with van der Waals surface area (Å²) in [5.41, 5.74) is 5.65. The smallest absolute Gasteiger partial charge is 0.0628 e. The van der Waals surface area contributed by atoms with Crippen LogP contribution in [0.2, 0.25) is 0 Å². The quantitative estimate of drug-likeness (QED) is 0.706. The monoisotopic (exact) mass is 238 g/mol. The molecule has 0 aliphatic carbocycles. The van der Waals surface area contributed by atoms with E-state index in [1.54, 1.807) is 0 Å². The summed E-state index contributed by atoms with van der Waals surface area (Å²) in [5.74, 6) is 0. The van der Waals surface area contributed by atoms with Gasteiger partial charge in [-0.05, 0) is 49.9 Å². The van der Waals surface area contributed by atoms with Crippen molar-refractivity contribution in [3.05, 3.63) is 58.7 Å². The summed E-state index contributed by atoms with van der Waals surface area (Å²) < 4.78 is 0. The maximum atomic E-state index is 2.25. The normalized spacial score (nSPS) is 10.6. The minimum atomic E-state index is 0.767. The minimum Gasteiger partial charge on any atom is -0.0628 e. The second kappa shape index (κ2) is 4.88. The first-order valence-corrected chi connectivity index (χ1v) is 6.99. The predicted molar refractivity (Wildman–Crippen MR) is 76.9 cm³/mol. The van der Waals surface area contributed by atoms with Gasteiger partial charge in [0, 0.05) is 0 Å². The Labute approximate surface area is 107 Å². The van der Waals surface area contributed by atoms with Gasteiger partial charge < -0.3 is 0 Å². The fourth-order valence-electron chi connectivity index (χ4n) is 1.92. The van der Waals surface area contributed by atoms with E-state index in [-0.39, 0.29) is 0 Å². The van der Waals surface area contributed by atoms with E-state index < -0.39 is 0 Å². The number of hydrogen-bond donors (Lipinski definition) is 0. The van der Waals surface area contributed by atoms with Crippen LogP contribution in [0.15, 0.2) is 36.4 Å². The van der Waals surface area contributed by atoms with Crippen molar-refractivity contribution < 1.29 is 0 Å². The van der Waals surface area contributed by atoms with Gasteiger partial charge in [0.05, 0.1) is 0 Å². The molecular weight excluding hydrogens is 220 g/mol.